The van der Waals surface area contributed by atoms with Crippen molar-refractivity contribution < 1.29 is 33.3 Å². The number of carbonyl (C=O) groups excluding carboxylic acids is 3. The maximum Gasteiger partial charge on any atom is 0.317 e. The van der Waals surface area contributed by atoms with Crippen LogP contribution in [0.4, 0.5) is 0 Å². The number of ether oxygens (including phenoxy) is 4. The highest BCUT2D eigenvalue weighted by Gasteiger charge is 2.42. The molecule has 0 radical (unpaired) electrons. The molecule has 0 saturated heterocycles. The first-order chi connectivity index (χ1) is 10.1. The molecule has 0 aromatic carbocycles. The van der Waals surface area contributed by atoms with Crippen LogP contribution in [0.2, 0.25) is 0 Å². The molecule has 0 spiro atoms. The van der Waals surface area contributed by atoms with Crippen molar-refractivity contribution >= 4 is 18.2 Å². The molecule has 7 nitrogen and oxygen atoms in total. The van der Waals surface area contributed by atoms with Crippen molar-refractivity contribution in [3.05, 3.63) is 0 Å². The van der Waals surface area contributed by atoms with Gasteiger partial charge in [-0.1, -0.05) is 0 Å². The first kappa shape index (κ1) is 19.5. The average molecular weight is 304 g/mol. The third kappa shape index (κ3) is 6.22. The van der Waals surface area contributed by atoms with Gasteiger partial charge in [-0.15, -0.1) is 0 Å². The molecule has 122 valence electrons. The van der Waals surface area contributed by atoms with Gasteiger partial charge in [0.05, 0.1) is 13.2 Å². The van der Waals surface area contributed by atoms with Crippen LogP contribution < -0.4 is 0 Å². The minimum absolute atomic E-state index is 0.104. The van der Waals surface area contributed by atoms with E-state index in [1.807, 2.05) is 0 Å². The maximum absolute atomic E-state index is 12.1. The first-order valence-corrected chi connectivity index (χ1v) is 7.08. The molecule has 0 N–H and O–H groups in total. The third-order valence-electron chi connectivity index (χ3n) is 2.61. The average Bonchev–Trinajstić information content (AvgIpc) is 2.44. The number of hydrogen-bond acceptors (Lipinski definition) is 7. The lowest BCUT2D eigenvalue weighted by Crippen LogP contribution is -2.43. The van der Waals surface area contributed by atoms with Crippen LogP contribution in [-0.4, -0.2) is 50.9 Å². The third-order valence-corrected chi connectivity index (χ3v) is 2.61. The Morgan fingerprint density at radius 2 is 1.33 bits per heavy atom. The molecule has 0 rings (SSSR count). The SMILES string of the molecule is CCOC(=O)[C@H](C=O)[C@@H](C(=O)OCC)C(OCC)OCC. The van der Waals surface area contributed by atoms with Crippen LogP contribution in [0, 0.1) is 11.8 Å². The van der Waals surface area contributed by atoms with Crippen LogP contribution in [0.25, 0.3) is 0 Å². The van der Waals surface area contributed by atoms with Crippen LogP contribution in [-0.2, 0) is 33.3 Å². The van der Waals surface area contributed by atoms with E-state index in [0.717, 1.165) is 0 Å². The van der Waals surface area contributed by atoms with Gasteiger partial charge in [-0.3, -0.25) is 9.59 Å². The van der Waals surface area contributed by atoms with Gasteiger partial charge in [-0.2, -0.15) is 0 Å². The van der Waals surface area contributed by atoms with Crippen molar-refractivity contribution in [2.45, 2.75) is 34.0 Å². The summed E-state index contributed by atoms with van der Waals surface area (Å²) < 4.78 is 20.4. The van der Waals surface area contributed by atoms with Gasteiger partial charge in [0.15, 0.2) is 6.29 Å². The summed E-state index contributed by atoms with van der Waals surface area (Å²) in [7, 11) is 0. The van der Waals surface area contributed by atoms with Crippen molar-refractivity contribution in [3.8, 4) is 0 Å². The summed E-state index contributed by atoms with van der Waals surface area (Å²) in [6.45, 7) is 7.42. The smallest absolute Gasteiger partial charge is 0.317 e. The van der Waals surface area contributed by atoms with Crippen molar-refractivity contribution in [3.63, 3.8) is 0 Å². The molecular weight excluding hydrogens is 280 g/mol. The summed E-state index contributed by atoms with van der Waals surface area (Å²) in [5, 5.41) is 0. The summed E-state index contributed by atoms with van der Waals surface area (Å²) in [5.74, 6) is -4.04. The molecule has 0 aliphatic carbocycles. The van der Waals surface area contributed by atoms with Gasteiger partial charge in [0.1, 0.15) is 18.1 Å². The van der Waals surface area contributed by atoms with Gasteiger partial charge in [0.2, 0.25) is 0 Å². The van der Waals surface area contributed by atoms with E-state index in [-0.39, 0.29) is 26.4 Å². The van der Waals surface area contributed by atoms with E-state index >= 15 is 0 Å². The zero-order valence-electron chi connectivity index (χ0n) is 13.0. The van der Waals surface area contributed by atoms with Crippen LogP contribution in [0.5, 0.6) is 0 Å². The quantitative estimate of drug-likeness (QED) is 0.243. The number of carbonyl (C=O) groups is 3. The second-order valence-corrected chi connectivity index (χ2v) is 3.97. The highest BCUT2D eigenvalue weighted by atomic mass is 16.7. The highest BCUT2D eigenvalue weighted by molar-refractivity contribution is 5.93. The Morgan fingerprint density at radius 1 is 0.857 bits per heavy atom. The largest absolute Gasteiger partial charge is 0.466 e. The Hall–Kier alpha value is -1.47. The molecule has 0 aromatic rings. The van der Waals surface area contributed by atoms with Crippen molar-refractivity contribution in [2.24, 2.45) is 11.8 Å². The zero-order valence-corrected chi connectivity index (χ0v) is 13.0. The van der Waals surface area contributed by atoms with Gasteiger partial charge < -0.3 is 23.7 Å². The minimum Gasteiger partial charge on any atom is -0.466 e. The van der Waals surface area contributed by atoms with Crippen LogP contribution in [0.1, 0.15) is 27.7 Å². The molecule has 0 aliphatic heterocycles. The minimum atomic E-state index is -1.33. The second kappa shape index (κ2) is 11.2. The standard InChI is InChI=1S/C14H24O7/c1-5-18-12(16)10(9-15)11(13(17)19-6-2)14(20-7-3)21-8-4/h9-11,14H,5-8H2,1-4H3/t10-,11+/m1/s1. The fraction of sp³-hybridized carbons (Fsp3) is 0.786. The molecular formula is C14H24O7. The Kier molecular flexibility index (Phi) is 10.4. The molecule has 0 saturated carbocycles. The van der Waals surface area contributed by atoms with Crippen LogP contribution >= 0.6 is 0 Å². The molecule has 0 aromatic heterocycles. The Bertz CT molecular complexity index is 323. The fourth-order valence-electron chi connectivity index (χ4n) is 1.77. The second-order valence-electron chi connectivity index (χ2n) is 3.97. The molecule has 0 amide bonds. The molecule has 21 heavy (non-hydrogen) atoms. The van der Waals surface area contributed by atoms with E-state index in [2.05, 4.69) is 0 Å². The van der Waals surface area contributed by atoms with Gasteiger partial charge in [0, 0.05) is 13.2 Å². The Labute approximate surface area is 124 Å². The van der Waals surface area contributed by atoms with Gasteiger partial charge in [-0.25, -0.2) is 0 Å². The number of rotatable bonds is 11. The van der Waals surface area contributed by atoms with E-state index < -0.39 is 30.1 Å². The summed E-state index contributed by atoms with van der Waals surface area (Å²) in [6, 6.07) is 0. The zero-order chi connectivity index (χ0) is 16.3. The molecule has 0 bridgehead atoms. The van der Waals surface area contributed by atoms with Crippen LogP contribution in [0.15, 0.2) is 0 Å². The predicted molar refractivity (Wildman–Crippen MR) is 73.4 cm³/mol. The van der Waals surface area contributed by atoms with Crippen molar-refractivity contribution in [1.82, 2.24) is 0 Å². The summed E-state index contributed by atoms with van der Waals surface area (Å²) in [4.78, 5) is 35.2. The topological polar surface area (TPSA) is 88.1 Å². The van der Waals surface area contributed by atoms with E-state index in [1.165, 1.54) is 0 Å². The molecule has 0 aliphatic rings. The maximum atomic E-state index is 12.1. The van der Waals surface area contributed by atoms with Gasteiger partial charge in [-0.05, 0) is 27.7 Å². The van der Waals surface area contributed by atoms with Crippen molar-refractivity contribution in [1.29, 1.82) is 0 Å². The predicted octanol–water partition coefficient (Wildman–Crippen LogP) is 0.943. The van der Waals surface area contributed by atoms with E-state index in [0.29, 0.717) is 6.29 Å². The van der Waals surface area contributed by atoms with Gasteiger partial charge >= 0.3 is 11.9 Å². The molecule has 2 atom stereocenters. The van der Waals surface area contributed by atoms with Crippen molar-refractivity contribution in [2.75, 3.05) is 26.4 Å². The molecule has 0 fully saturated rings. The number of hydrogen-bond donors (Lipinski definition) is 0. The van der Waals surface area contributed by atoms with E-state index in [4.69, 9.17) is 18.9 Å². The number of aldehydes is 1. The summed E-state index contributed by atoms with van der Waals surface area (Å²) >= 11 is 0. The Morgan fingerprint density at radius 3 is 1.71 bits per heavy atom. The molecule has 0 unspecified atom stereocenters. The molecule has 7 heteroatoms. The van der Waals surface area contributed by atoms with Crippen LogP contribution in [0.3, 0.4) is 0 Å². The fourth-order valence-corrected chi connectivity index (χ4v) is 1.77. The lowest BCUT2D eigenvalue weighted by Gasteiger charge is -2.27. The molecule has 0 heterocycles. The normalized spacial score (nSPS) is 13.6. The van der Waals surface area contributed by atoms with E-state index in [9.17, 15) is 14.4 Å². The van der Waals surface area contributed by atoms with E-state index in [1.54, 1.807) is 27.7 Å². The summed E-state index contributed by atoms with van der Waals surface area (Å²) in [6.07, 6.45) is -0.677. The lowest BCUT2D eigenvalue weighted by atomic mass is 9.92. The monoisotopic (exact) mass is 304 g/mol. The van der Waals surface area contributed by atoms with Gasteiger partial charge in [0.25, 0.3) is 0 Å². The first-order valence-electron chi connectivity index (χ1n) is 7.08. The lowest BCUT2D eigenvalue weighted by molar-refractivity contribution is -0.201. The summed E-state index contributed by atoms with van der Waals surface area (Å²) in [5.41, 5.74) is 0. The number of esters is 2. The highest BCUT2D eigenvalue weighted by Crippen LogP contribution is 2.22. The Balaban J connectivity index is 5.37.